The van der Waals surface area contributed by atoms with Crippen LogP contribution in [0.3, 0.4) is 0 Å². The van der Waals surface area contributed by atoms with Crippen molar-refractivity contribution in [3.05, 3.63) is 175 Å². The summed E-state index contributed by atoms with van der Waals surface area (Å²) < 4.78 is 6.75. The van der Waals surface area contributed by atoms with Crippen LogP contribution in [-0.2, 0) is 0 Å². The molecule has 0 heterocycles. The molecule has 0 unspecified atom stereocenters. The molecule has 5 heteroatoms. The minimum atomic E-state index is -0.0863. The van der Waals surface area contributed by atoms with Crippen molar-refractivity contribution in [2.45, 2.75) is 192 Å². The minimum Gasteiger partial charge on any atom is -0.508 e. The minimum absolute atomic E-state index is 0.0863. The summed E-state index contributed by atoms with van der Waals surface area (Å²) >= 11 is 0. The van der Waals surface area contributed by atoms with Gasteiger partial charge in [0.05, 0.1) is 0 Å². The van der Waals surface area contributed by atoms with Gasteiger partial charge in [0.25, 0.3) is 0 Å². The Hall–Kier alpha value is -5.68. The molecule has 71 heavy (non-hydrogen) atoms. The van der Waals surface area contributed by atoms with Gasteiger partial charge in [-0.25, -0.2) is 0 Å². The van der Waals surface area contributed by atoms with Gasteiger partial charge in [0.2, 0.25) is 0 Å². The lowest BCUT2D eigenvalue weighted by molar-refractivity contribution is 0.431. The van der Waals surface area contributed by atoms with Gasteiger partial charge in [-0.3, -0.25) is 0 Å². The van der Waals surface area contributed by atoms with Crippen molar-refractivity contribution < 1.29 is 25.2 Å². The Balaban J connectivity index is 1.03. The standard InChI is InChI=1S/C66H78O5/c1-41-33-57(53(37-61(41)67)45-17-9-5-10-18-45)65(58-34-42(2)62(68)38-54(58)46-19-11-6-12-20-46)49-25-29-51(30-26-49)71-52-31-27-50(28-32-52)66(59-35-43(3)63(69)39-55(59)47-21-13-7-14-22-47)60-36-44(4)64(70)40-56(60)48-23-15-8-16-24-48/h25-40,45-48,65-70H,5-24H2,1-4H3. The monoisotopic (exact) mass is 951 g/mol. The second-order valence-electron chi connectivity index (χ2n) is 22.5. The molecule has 0 aliphatic heterocycles. The third-order valence-electron chi connectivity index (χ3n) is 17.7. The molecule has 0 bridgehead atoms. The van der Waals surface area contributed by atoms with E-state index in [0.717, 1.165) is 85.1 Å². The van der Waals surface area contributed by atoms with E-state index in [4.69, 9.17) is 4.74 Å². The summed E-state index contributed by atoms with van der Waals surface area (Å²) in [6.45, 7) is 8.10. The van der Waals surface area contributed by atoms with Gasteiger partial charge in [-0.1, -0.05) is 126 Å². The third kappa shape index (κ3) is 10.5. The molecule has 4 N–H and O–H groups in total. The number of phenols is 4. The summed E-state index contributed by atoms with van der Waals surface area (Å²) in [5.74, 6) is 4.41. The van der Waals surface area contributed by atoms with E-state index in [0.29, 0.717) is 46.7 Å². The van der Waals surface area contributed by atoms with Crippen LogP contribution in [0, 0.1) is 27.7 Å². The molecular formula is C66H78O5. The van der Waals surface area contributed by atoms with Gasteiger partial charge in [0, 0.05) is 11.8 Å². The number of rotatable bonds is 12. The summed E-state index contributed by atoms with van der Waals surface area (Å²) in [4.78, 5) is 0. The van der Waals surface area contributed by atoms with E-state index in [2.05, 4.69) is 97.1 Å². The van der Waals surface area contributed by atoms with E-state index in [1.54, 1.807) is 0 Å². The average molecular weight is 951 g/mol. The molecule has 0 amide bonds. The van der Waals surface area contributed by atoms with Gasteiger partial charge in [-0.05, 0) is 229 Å². The van der Waals surface area contributed by atoms with Crippen molar-refractivity contribution in [2.75, 3.05) is 0 Å². The van der Waals surface area contributed by atoms with E-state index in [1.807, 2.05) is 27.7 Å². The van der Waals surface area contributed by atoms with Crippen molar-refractivity contribution in [1.82, 2.24) is 0 Å². The Labute approximate surface area is 424 Å². The Morgan fingerprint density at radius 2 is 0.549 bits per heavy atom. The van der Waals surface area contributed by atoms with Gasteiger partial charge >= 0.3 is 0 Å². The first-order chi connectivity index (χ1) is 34.5. The van der Waals surface area contributed by atoms with Crippen LogP contribution in [0.1, 0.15) is 242 Å². The Kier molecular flexibility index (Phi) is 14.9. The summed E-state index contributed by atoms with van der Waals surface area (Å²) in [6.07, 6.45) is 23.8. The zero-order chi connectivity index (χ0) is 49.2. The topological polar surface area (TPSA) is 90.2 Å². The Morgan fingerprint density at radius 3 is 0.775 bits per heavy atom. The van der Waals surface area contributed by atoms with Crippen LogP contribution in [0.2, 0.25) is 0 Å². The van der Waals surface area contributed by atoms with Gasteiger partial charge in [-0.2, -0.15) is 0 Å². The molecule has 372 valence electrons. The molecule has 0 radical (unpaired) electrons. The molecule has 0 saturated heterocycles. The van der Waals surface area contributed by atoms with Gasteiger partial charge in [0.1, 0.15) is 34.5 Å². The van der Waals surface area contributed by atoms with E-state index in [-0.39, 0.29) is 11.8 Å². The van der Waals surface area contributed by atoms with E-state index >= 15 is 0 Å². The number of ether oxygens (including phenoxy) is 1. The van der Waals surface area contributed by atoms with E-state index in [1.165, 1.54) is 133 Å². The largest absolute Gasteiger partial charge is 0.508 e. The van der Waals surface area contributed by atoms with Crippen molar-refractivity contribution in [3.63, 3.8) is 0 Å². The summed E-state index contributed by atoms with van der Waals surface area (Å²) in [5.41, 5.74) is 16.0. The predicted molar refractivity (Wildman–Crippen MR) is 290 cm³/mol. The first-order valence-electron chi connectivity index (χ1n) is 27.7. The van der Waals surface area contributed by atoms with Crippen LogP contribution in [0.4, 0.5) is 0 Å². The maximum absolute atomic E-state index is 11.3. The quantitative estimate of drug-likeness (QED) is 0.0918. The molecule has 6 aromatic carbocycles. The lowest BCUT2D eigenvalue weighted by atomic mass is 9.72. The highest BCUT2D eigenvalue weighted by Gasteiger charge is 2.33. The fourth-order valence-corrected chi connectivity index (χ4v) is 13.7. The van der Waals surface area contributed by atoms with Gasteiger partial charge in [-0.15, -0.1) is 0 Å². The molecule has 4 aliphatic rings. The smallest absolute Gasteiger partial charge is 0.127 e. The van der Waals surface area contributed by atoms with E-state index in [9.17, 15) is 20.4 Å². The fourth-order valence-electron chi connectivity index (χ4n) is 13.7. The van der Waals surface area contributed by atoms with Crippen molar-refractivity contribution in [1.29, 1.82) is 0 Å². The molecule has 4 aliphatic carbocycles. The first-order valence-corrected chi connectivity index (χ1v) is 27.7. The zero-order valence-electron chi connectivity index (χ0n) is 43.0. The normalized spacial score (nSPS) is 17.8. The number of hydrogen-bond acceptors (Lipinski definition) is 5. The Morgan fingerprint density at radius 1 is 0.324 bits per heavy atom. The fraction of sp³-hybridized carbons (Fsp3) is 0.455. The summed E-state index contributed by atoms with van der Waals surface area (Å²) in [6, 6.07) is 34.7. The molecular weight excluding hydrogens is 873 g/mol. The van der Waals surface area contributed by atoms with Crippen molar-refractivity contribution in [3.8, 4) is 34.5 Å². The van der Waals surface area contributed by atoms with Gasteiger partial charge < -0.3 is 25.2 Å². The van der Waals surface area contributed by atoms with Crippen LogP contribution in [0.25, 0.3) is 0 Å². The zero-order valence-corrected chi connectivity index (χ0v) is 43.0. The number of aromatic hydroxyl groups is 4. The maximum Gasteiger partial charge on any atom is 0.127 e. The number of benzene rings is 6. The van der Waals surface area contributed by atoms with Gasteiger partial charge in [0.15, 0.2) is 0 Å². The highest BCUT2D eigenvalue weighted by Crippen LogP contribution is 2.50. The molecule has 0 atom stereocenters. The lowest BCUT2D eigenvalue weighted by Gasteiger charge is -2.32. The molecule has 0 aromatic heterocycles. The number of hydrogen-bond donors (Lipinski definition) is 4. The van der Waals surface area contributed by atoms with Crippen LogP contribution < -0.4 is 4.74 Å². The second-order valence-corrected chi connectivity index (χ2v) is 22.5. The molecule has 0 spiro atoms. The lowest BCUT2D eigenvalue weighted by Crippen LogP contribution is -2.16. The highest BCUT2D eigenvalue weighted by molar-refractivity contribution is 5.59. The van der Waals surface area contributed by atoms with Crippen LogP contribution in [0.5, 0.6) is 34.5 Å². The number of aryl methyl sites for hydroxylation is 4. The van der Waals surface area contributed by atoms with Crippen LogP contribution >= 0.6 is 0 Å². The molecule has 4 saturated carbocycles. The number of phenolic OH excluding ortho intramolecular Hbond substituents is 4. The SMILES string of the molecule is Cc1cc(C(c2ccc(Oc3ccc(C(c4cc(C)c(O)cc4C4CCCCC4)c4cc(C)c(O)cc4C4CCCCC4)cc3)cc2)c2cc(C)c(O)cc2C2CCCCC2)c(C2CCCCC2)cc1O. The van der Waals surface area contributed by atoms with E-state index < -0.39 is 0 Å². The van der Waals surface area contributed by atoms with Crippen molar-refractivity contribution in [2.24, 2.45) is 0 Å². The second kappa shape index (κ2) is 21.6. The molecule has 5 nitrogen and oxygen atoms in total. The summed E-state index contributed by atoms with van der Waals surface area (Å²) in [5, 5.41) is 45.1. The summed E-state index contributed by atoms with van der Waals surface area (Å²) in [7, 11) is 0. The first kappa shape index (κ1) is 48.9. The van der Waals surface area contributed by atoms with Crippen LogP contribution in [0.15, 0.2) is 97.1 Å². The van der Waals surface area contributed by atoms with Crippen molar-refractivity contribution >= 4 is 0 Å². The highest BCUT2D eigenvalue weighted by atomic mass is 16.5. The molecule has 6 aromatic rings. The molecule has 4 fully saturated rings. The maximum atomic E-state index is 11.3. The Bertz CT molecular complexity index is 2460. The van der Waals surface area contributed by atoms with Crippen LogP contribution in [-0.4, -0.2) is 20.4 Å². The third-order valence-corrected chi connectivity index (χ3v) is 17.7. The average Bonchev–Trinajstić information content (AvgIpc) is 3.40. The predicted octanol–water partition coefficient (Wildman–Crippen LogP) is 18.1. The molecule has 10 rings (SSSR count).